The van der Waals surface area contributed by atoms with Gasteiger partial charge >= 0.3 is 0 Å². The van der Waals surface area contributed by atoms with E-state index in [-0.39, 0.29) is 0 Å². The minimum atomic E-state index is 0.379. The molecule has 0 bridgehead atoms. The van der Waals surface area contributed by atoms with Gasteiger partial charge < -0.3 is 5.32 Å². The van der Waals surface area contributed by atoms with Gasteiger partial charge in [0.25, 0.3) is 0 Å². The average Bonchev–Trinajstić information content (AvgIpc) is 3.04. The van der Waals surface area contributed by atoms with Crippen molar-refractivity contribution < 1.29 is 0 Å². The van der Waals surface area contributed by atoms with E-state index in [0.29, 0.717) is 6.04 Å². The van der Waals surface area contributed by atoms with Crippen LogP contribution in [0.15, 0.2) is 42.7 Å². The summed E-state index contributed by atoms with van der Waals surface area (Å²) >= 11 is 1.87. The predicted octanol–water partition coefficient (Wildman–Crippen LogP) is 3.76. The van der Waals surface area contributed by atoms with Gasteiger partial charge in [-0.3, -0.25) is 4.68 Å². The van der Waals surface area contributed by atoms with E-state index in [2.05, 4.69) is 60.8 Å². The van der Waals surface area contributed by atoms with E-state index in [1.165, 1.54) is 20.5 Å². The lowest BCUT2D eigenvalue weighted by atomic mass is 10.2. The molecule has 0 spiro atoms. The number of benzene rings is 1. The van der Waals surface area contributed by atoms with Crippen LogP contribution in [0.3, 0.4) is 0 Å². The fraction of sp³-hybridized carbons (Fsp3) is 0.312. The number of fused-ring (bicyclic) bond motifs is 1. The monoisotopic (exact) mass is 285 g/mol. The molecule has 1 unspecified atom stereocenters. The van der Waals surface area contributed by atoms with Gasteiger partial charge in [-0.2, -0.15) is 5.10 Å². The van der Waals surface area contributed by atoms with Crippen LogP contribution in [-0.2, 0) is 6.54 Å². The Bertz CT molecular complexity index is 665. The van der Waals surface area contributed by atoms with Crippen molar-refractivity contribution in [3.8, 4) is 0 Å². The van der Waals surface area contributed by atoms with Gasteiger partial charge in [-0.25, -0.2) is 0 Å². The first-order valence-corrected chi connectivity index (χ1v) is 7.75. The summed E-state index contributed by atoms with van der Waals surface area (Å²) in [5.74, 6) is 0. The second kappa shape index (κ2) is 5.77. The highest BCUT2D eigenvalue weighted by Gasteiger charge is 2.08. The van der Waals surface area contributed by atoms with Gasteiger partial charge in [-0.05, 0) is 36.9 Å². The van der Waals surface area contributed by atoms with Gasteiger partial charge in [0, 0.05) is 28.4 Å². The number of hydrogen-bond acceptors (Lipinski definition) is 3. The van der Waals surface area contributed by atoms with Gasteiger partial charge in [0.1, 0.15) is 0 Å². The first-order valence-electron chi connectivity index (χ1n) is 6.93. The summed E-state index contributed by atoms with van der Waals surface area (Å²) in [5.41, 5.74) is 1.21. The largest absolute Gasteiger partial charge is 0.308 e. The molecule has 0 fully saturated rings. The van der Waals surface area contributed by atoms with Crippen LogP contribution in [0.25, 0.3) is 10.1 Å². The maximum Gasteiger partial charge on any atom is 0.0534 e. The van der Waals surface area contributed by atoms with Crippen LogP contribution in [-0.4, -0.2) is 16.3 Å². The third-order valence-corrected chi connectivity index (χ3v) is 4.72. The standard InChI is InChI=1S/C16H19N3S/c1-12-10-18-19(11-12)8-7-17-13(2)16-9-14-5-3-4-6-15(14)20-16/h3-6,9-11,13,17H,7-8H2,1-2H3. The molecule has 1 N–H and O–H groups in total. The second-order valence-corrected chi connectivity index (χ2v) is 6.26. The SMILES string of the molecule is Cc1cnn(CCNC(C)c2cc3ccccc3s2)c1. The number of aryl methyl sites for hydroxylation is 1. The summed E-state index contributed by atoms with van der Waals surface area (Å²) in [5, 5.41) is 9.20. The molecule has 20 heavy (non-hydrogen) atoms. The molecule has 3 nitrogen and oxygen atoms in total. The molecule has 3 aromatic rings. The molecule has 0 aliphatic heterocycles. The lowest BCUT2D eigenvalue weighted by Crippen LogP contribution is -2.22. The Labute approximate surface area is 123 Å². The van der Waals surface area contributed by atoms with Crippen LogP contribution >= 0.6 is 11.3 Å². The average molecular weight is 285 g/mol. The molecule has 2 heterocycles. The van der Waals surface area contributed by atoms with Crippen molar-refractivity contribution in [1.82, 2.24) is 15.1 Å². The van der Waals surface area contributed by atoms with E-state index < -0.39 is 0 Å². The van der Waals surface area contributed by atoms with Crippen molar-refractivity contribution in [2.24, 2.45) is 0 Å². The van der Waals surface area contributed by atoms with Gasteiger partial charge in [0.05, 0.1) is 12.7 Å². The van der Waals surface area contributed by atoms with E-state index in [0.717, 1.165) is 13.1 Å². The van der Waals surface area contributed by atoms with Gasteiger partial charge in [0.2, 0.25) is 0 Å². The lowest BCUT2D eigenvalue weighted by molar-refractivity contribution is 0.511. The van der Waals surface area contributed by atoms with Gasteiger partial charge in [-0.15, -0.1) is 11.3 Å². The second-order valence-electron chi connectivity index (χ2n) is 5.14. The molecule has 0 amide bonds. The maximum absolute atomic E-state index is 4.30. The Morgan fingerprint density at radius 3 is 2.95 bits per heavy atom. The van der Waals surface area contributed by atoms with Crippen LogP contribution in [0.2, 0.25) is 0 Å². The van der Waals surface area contributed by atoms with E-state index in [9.17, 15) is 0 Å². The summed E-state index contributed by atoms with van der Waals surface area (Å²) in [6, 6.07) is 11.2. The van der Waals surface area contributed by atoms with Crippen molar-refractivity contribution in [2.75, 3.05) is 6.54 Å². The quantitative estimate of drug-likeness (QED) is 0.773. The van der Waals surface area contributed by atoms with E-state index in [4.69, 9.17) is 0 Å². The molecule has 1 atom stereocenters. The zero-order valence-corrected chi connectivity index (χ0v) is 12.7. The Hall–Kier alpha value is -1.65. The fourth-order valence-corrected chi connectivity index (χ4v) is 3.39. The predicted molar refractivity (Wildman–Crippen MR) is 85.2 cm³/mol. The van der Waals surface area contributed by atoms with E-state index in [1.807, 2.05) is 22.2 Å². The molecule has 104 valence electrons. The molecule has 0 saturated heterocycles. The van der Waals surface area contributed by atoms with Crippen molar-refractivity contribution in [3.63, 3.8) is 0 Å². The fourth-order valence-electron chi connectivity index (χ4n) is 2.30. The number of nitrogens with zero attached hydrogens (tertiary/aromatic N) is 2. The molecule has 0 saturated carbocycles. The third-order valence-electron chi connectivity index (χ3n) is 3.43. The highest BCUT2D eigenvalue weighted by molar-refractivity contribution is 7.19. The zero-order chi connectivity index (χ0) is 13.9. The van der Waals surface area contributed by atoms with Crippen LogP contribution < -0.4 is 5.32 Å². The molecular weight excluding hydrogens is 266 g/mol. The van der Waals surface area contributed by atoms with Crippen molar-refractivity contribution in [2.45, 2.75) is 26.4 Å². The lowest BCUT2D eigenvalue weighted by Gasteiger charge is -2.11. The Morgan fingerprint density at radius 2 is 2.20 bits per heavy atom. The molecule has 3 rings (SSSR count). The highest BCUT2D eigenvalue weighted by atomic mass is 32.1. The van der Waals surface area contributed by atoms with Gasteiger partial charge in [0.15, 0.2) is 0 Å². The molecule has 4 heteroatoms. The van der Waals surface area contributed by atoms with Gasteiger partial charge in [-0.1, -0.05) is 18.2 Å². The highest BCUT2D eigenvalue weighted by Crippen LogP contribution is 2.29. The Kier molecular flexibility index (Phi) is 3.85. The van der Waals surface area contributed by atoms with Crippen LogP contribution in [0.1, 0.15) is 23.4 Å². The Morgan fingerprint density at radius 1 is 1.35 bits per heavy atom. The summed E-state index contributed by atoms with van der Waals surface area (Å²) in [7, 11) is 0. The summed E-state index contributed by atoms with van der Waals surface area (Å²) < 4.78 is 3.35. The Balaban J connectivity index is 1.59. The summed E-state index contributed by atoms with van der Waals surface area (Å²) in [6.07, 6.45) is 3.97. The summed E-state index contributed by atoms with van der Waals surface area (Å²) in [4.78, 5) is 1.39. The normalized spacial score (nSPS) is 12.9. The smallest absolute Gasteiger partial charge is 0.0534 e. The number of thiophene rings is 1. The topological polar surface area (TPSA) is 29.9 Å². The minimum absolute atomic E-state index is 0.379. The van der Waals surface area contributed by atoms with Crippen molar-refractivity contribution in [3.05, 3.63) is 53.2 Å². The van der Waals surface area contributed by atoms with E-state index >= 15 is 0 Å². The van der Waals surface area contributed by atoms with Crippen LogP contribution in [0, 0.1) is 6.92 Å². The minimum Gasteiger partial charge on any atom is -0.308 e. The molecule has 0 radical (unpaired) electrons. The summed E-state index contributed by atoms with van der Waals surface area (Å²) in [6.45, 7) is 6.12. The van der Waals surface area contributed by atoms with Crippen LogP contribution in [0.4, 0.5) is 0 Å². The molecule has 1 aromatic carbocycles. The number of aromatic nitrogens is 2. The molecule has 2 aromatic heterocycles. The number of rotatable bonds is 5. The van der Waals surface area contributed by atoms with Crippen molar-refractivity contribution in [1.29, 1.82) is 0 Å². The first kappa shape index (κ1) is 13.3. The first-order chi connectivity index (χ1) is 9.72. The van der Waals surface area contributed by atoms with Crippen LogP contribution in [0.5, 0.6) is 0 Å². The van der Waals surface area contributed by atoms with Crippen molar-refractivity contribution >= 4 is 21.4 Å². The maximum atomic E-state index is 4.30. The molecule has 0 aliphatic rings. The number of nitrogens with one attached hydrogen (secondary N) is 1. The van der Waals surface area contributed by atoms with E-state index in [1.54, 1.807) is 0 Å². The zero-order valence-electron chi connectivity index (χ0n) is 11.8. The number of hydrogen-bond donors (Lipinski definition) is 1. The molecule has 0 aliphatic carbocycles. The third kappa shape index (κ3) is 2.92. The molecular formula is C16H19N3S.